The van der Waals surface area contributed by atoms with Gasteiger partial charge in [0.2, 0.25) is 0 Å². The van der Waals surface area contributed by atoms with Crippen molar-refractivity contribution in [2.45, 2.75) is 19.9 Å². The smallest absolute Gasteiger partial charge is 0.128 e. The van der Waals surface area contributed by atoms with E-state index in [1.807, 2.05) is 32.0 Å². The molecule has 4 heteroatoms. The van der Waals surface area contributed by atoms with Gasteiger partial charge in [0.05, 0.1) is 6.04 Å². The molecule has 0 saturated heterocycles. The lowest BCUT2D eigenvalue weighted by Gasteiger charge is -2.22. The molecule has 0 heterocycles. The highest BCUT2D eigenvalue weighted by Crippen LogP contribution is 2.30. The average molecular weight is 401 g/mol. The third kappa shape index (κ3) is 3.48. The molecule has 0 aromatic heterocycles. The predicted molar refractivity (Wildman–Crippen MR) is 88.5 cm³/mol. The van der Waals surface area contributed by atoms with Crippen molar-refractivity contribution >= 4 is 31.9 Å². The lowest BCUT2D eigenvalue weighted by molar-refractivity contribution is 0.557. The van der Waals surface area contributed by atoms with E-state index in [2.05, 4.69) is 43.2 Å². The molecule has 0 amide bonds. The summed E-state index contributed by atoms with van der Waals surface area (Å²) in [6, 6.07) is 11.0. The largest absolute Gasteiger partial charge is 0.306 e. The quantitative estimate of drug-likeness (QED) is 0.728. The summed E-state index contributed by atoms with van der Waals surface area (Å²) in [5, 5.41) is 3.37. The van der Waals surface area contributed by atoms with Gasteiger partial charge in [0.15, 0.2) is 0 Å². The first-order valence-corrected chi connectivity index (χ1v) is 8.06. The molecular formula is C16H16Br2FN. The Balaban J connectivity index is 2.53. The van der Waals surface area contributed by atoms with E-state index in [0.717, 1.165) is 26.6 Å². The lowest BCUT2D eigenvalue weighted by Crippen LogP contribution is -2.23. The molecule has 0 radical (unpaired) electrons. The van der Waals surface area contributed by atoms with Gasteiger partial charge in [-0.15, -0.1) is 0 Å². The van der Waals surface area contributed by atoms with E-state index in [4.69, 9.17) is 0 Å². The van der Waals surface area contributed by atoms with Crippen LogP contribution in [0.2, 0.25) is 0 Å². The van der Waals surface area contributed by atoms with E-state index >= 15 is 0 Å². The molecule has 2 aromatic rings. The van der Waals surface area contributed by atoms with Crippen molar-refractivity contribution in [3.05, 3.63) is 67.9 Å². The first kappa shape index (κ1) is 15.7. The van der Waals surface area contributed by atoms with Crippen molar-refractivity contribution in [1.29, 1.82) is 0 Å². The van der Waals surface area contributed by atoms with Crippen molar-refractivity contribution in [2.75, 3.05) is 6.54 Å². The second-order valence-corrected chi connectivity index (χ2v) is 6.49. The molecule has 1 unspecified atom stereocenters. The molecule has 1 atom stereocenters. The molecule has 1 nitrogen and oxygen atoms in total. The summed E-state index contributed by atoms with van der Waals surface area (Å²) in [4.78, 5) is 0. The van der Waals surface area contributed by atoms with Crippen LogP contribution >= 0.6 is 31.9 Å². The minimum absolute atomic E-state index is 0.148. The third-order valence-corrected chi connectivity index (χ3v) is 4.21. The maximum atomic E-state index is 14.2. The number of halogens is 3. The van der Waals surface area contributed by atoms with Gasteiger partial charge in [-0.25, -0.2) is 4.39 Å². The summed E-state index contributed by atoms with van der Waals surface area (Å²) in [6.45, 7) is 4.84. The van der Waals surface area contributed by atoms with Crippen molar-refractivity contribution in [3.8, 4) is 0 Å². The monoisotopic (exact) mass is 399 g/mol. The normalized spacial score (nSPS) is 12.4. The third-order valence-electron chi connectivity index (χ3n) is 3.22. The van der Waals surface area contributed by atoms with Crippen LogP contribution in [-0.2, 0) is 0 Å². The molecule has 1 N–H and O–H groups in total. The number of hydrogen-bond donors (Lipinski definition) is 1. The molecule has 20 heavy (non-hydrogen) atoms. The summed E-state index contributed by atoms with van der Waals surface area (Å²) in [5.74, 6) is -0.193. The van der Waals surface area contributed by atoms with Crippen molar-refractivity contribution in [1.82, 2.24) is 5.32 Å². The highest BCUT2D eigenvalue weighted by atomic mass is 79.9. The van der Waals surface area contributed by atoms with Gasteiger partial charge in [0, 0.05) is 14.5 Å². The Kier molecular flexibility index (Phi) is 5.35. The average Bonchev–Trinajstić information content (AvgIpc) is 2.40. The van der Waals surface area contributed by atoms with Crippen LogP contribution in [0.15, 0.2) is 45.3 Å². The van der Waals surface area contributed by atoms with Crippen LogP contribution in [0.5, 0.6) is 0 Å². The molecule has 0 bridgehead atoms. The summed E-state index contributed by atoms with van der Waals surface area (Å²) < 4.78 is 16.1. The molecular weight excluding hydrogens is 385 g/mol. The van der Waals surface area contributed by atoms with Crippen LogP contribution < -0.4 is 5.32 Å². The Morgan fingerprint density at radius 1 is 1.05 bits per heavy atom. The summed E-state index contributed by atoms with van der Waals surface area (Å²) in [5.41, 5.74) is 2.88. The second kappa shape index (κ2) is 6.83. The van der Waals surface area contributed by atoms with E-state index in [0.29, 0.717) is 5.56 Å². The van der Waals surface area contributed by atoms with Crippen LogP contribution in [0, 0.1) is 12.7 Å². The zero-order chi connectivity index (χ0) is 14.7. The molecule has 0 aliphatic rings. The fraction of sp³-hybridized carbons (Fsp3) is 0.250. The first-order valence-electron chi connectivity index (χ1n) is 6.47. The van der Waals surface area contributed by atoms with Gasteiger partial charge >= 0.3 is 0 Å². The van der Waals surface area contributed by atoms with Gasteiger partial charge in [0.1, 0.15) is 5.82 Å². The molecule has 0 fully saturated rings. The highest BCUT2D eigenvalue weighted by molar-refractivity contribution is 9.10. The molecule has 0 aliphatic heterocycles. The van der Waals surface area contributed by atoms with Crippen molar-refractivity contribution < 1.29 is 4.39 Å². The number of hydrogen-bond acceptors (Lipinski definition) is 1. The van der Waals surface area contributed by atoms with Gasteiger partial charge < -0.3 is 5.32 Å². The van der Waals surface area contributed by atoms with E-state index in [-0.39, 0.29) is 11.9 Å². The van der Waals surface area contributed by atoms with Gasteiger partial charge in [-0.05, 0) is 54.9 Å². The fourth-order valence-electron chi connectivity index (χ4n) is 2.29. The van der Waals surface area contributed by atoms with Gasteiger partial charge in [-0.3, -0.25) is 0 Å². The Bertz CT molecular complexity index is 613. The van der Waals surface area contributed by atoms with E-state index in [1.165, 1.54) is 6.07 Å². The van der Waals surface area contributed by atoms with Gasteiger partial charge in [-0.2, -0.15) is 0 Å². The zero-order valence-electron chi connectivity index (χ0n) is 11.4. The zero-order valence-corrected chi connectivity index (χ0v) is 14.6. The Hall–Kier alpha value is -0.710. The molecule has 0 saturated carbocycles. The summed E-state index contributed by atoms with van der Waals surface area (Å²) in [7, 11) is 0. The fourth-order valence-corrected chi connectivity index (χ4v) is 3.14. The predicted octanol–water partition coefficient (Wildman–Crippen LogP) is 5.36. The maximum absolute atomic E-state index is 14.2. The van der Waals surface area contributed by atoms with Crippen LogP contribution in [0.3, 0.4) is 0 Å². The van der Waals surface area contributed by atoms with Gasteiger partial charge in [-0.1, -0.05) is 44.8 Å². The SMILES string of the molecule is CCNC(c1ccc(Br)cc1C)c1cc(Br)ccc1F. The van der Waals surface area contributed by atoms with E-state index < -0.39 is 0 Å². The molecule has 106 valence electrons. The number of rotatable bonds is 4. The lowest BCUT2D eigenvalue weighted by atomic mass is 9.94. The maximum Gasteiger partial charge on any atom is 0.128 e. The van der Waals surface area contributed by atoms with Crippen molar-refractivity contribution in [3.63, 3.8) is 0 Å². The standard InChI is InChI=1S/C16H16Br2FN/c1-3-20-16(13-6-4-11(17)8-10(13)2)14-9-12(18)5-7-15(14)19/h4-9,16,20H,3H2,1-2H3. The molecule has 2 aromatic carbocycles. The van der Waals surface area contributed by atoms with Crippen LogP contribution in [0.1, 0.15) is 29.7 Å². The molecule has 2 rings (SSSR count). The van der Waals surface area contributed by atoms with E-state index in [1.54, 1.807) is 6.07 Å². The second-order valence-electron chi connectivity index (χ2n) is 4.66. The van der Waals surface area contributed by atoms with Crippen LogP contribution in [0.4, 0.5) is 4.39 Å². The number of aryl methyl sites for hydroxylation is 1. The minimum atomic E-state index is -0.193. The van der Waals surface area contributed by atoms with Crippen molar-refractivity contribution in [2.24, 2.45) is 0 Å². The summed E-state index contributed by atoms with van der Waals surface area (Å²) in [6.07, 6.45) is 0. The number of benzene rings is 2. The number of nitrogens with one attached hydrogen (secondary N) is 1. The first-order chi connectivity index (χ1) is 9.52. The Morgan fingerprint density at radius 2 is 1.70 bits per heavy atom. The Morgan fingerprint density at radius 3 is 2.35 bits per heavy atom. The van der Waals surface area contributed by atoms with E-state index in [9.17, 15) is 4.39 Å². The topological polar surface area (TPSA) is 12.0 Å². The molecule has 0 spiro atoms. The van der Waals surface area contributed by atoms with Gasteiger partial charge in [0.25, 0.3) is 0 Å². The highest BCUT2D eigenvalue weighted by Gasteiger charge is 2.19. The minimum Gasteiger partial charge on any atom is -0.306 e. The van der Waals surface area contributed by atoms with Crippen LogP contribution in [-0.4, -0.2) is 6.54 Å². The molecule has 0 aliphatic carbocycles. The van der Waals surface area contributed by atoms with Crippen LogP contribution in [0.25, 0.3) is 0 Å². The summed E-state index contributed by atoms with van der Waals surface area (Å²) >= 11 is 6.88. The Labute approximate surface area is 135 Å².